The second-order valence-electron chi connectivity index (χ2n) is 6.79. The van der Waals surface area contributed by atoms with Crippen LogP contribution in [-0.2, 0) is 11.2 Å². The largest absolute Gasteiger partial charge is 0.497 e. The highest BCUT2D eigenvalue weighted by molar-refractivity contribution is 5.92. The van der Waals surface area contributed by atoms with Gasteiger partial charge in [-0.05, 0) is 68.0 Å². The molecule has 138 valence electrons. The van der Waals surface area contributed by atoms with Crippen molar-refractivity contribution in [2.75, 3.05) is 20.3 Å². The highest BCUT2D eigenvalue weighted by atomic mass is 16.5. The van der Waals surface area contributed by atoms with Gasteiger partial charge in [0.1, 0.15) is 11.4 Å². The van der Waals surface area contributed by atoms with Crippen molar-refractivity contribution < 1.29 is 14.3 Å². The number of methoxy groups -OCH3 is 1. The molecule has 3 rings (SSSR count). The Morgan fingerprint density at radius 1 is 1.31 bits per heavy atom. The molecule has 0 unspecified atom stereocenters. The van der Waals surface area contributed by atoms with E-state index in [0.29, 0.717) is 12.3 Å². The fourth-order valence-corrected chi connectivity index (χ4v) is 3.18. The van der Waals surface area contributed by atoms with Crippen molar-refractivity contribution in [1.82, 2.24) is 10.3 Å². The van der Waals surface area contributed by atoms with Crippen LogP contribution in [0.2, 0.25) is 0 Å². The smallest absolute Gasteiger partial charge is 0.270 e. The number of hydrogen-bond donors (Lipinski definition) is 1. The van der Waals surface area contributed by atoms with E-state index in [9.17, 15) is 4.79 Å². The van der Waals surface area contributed by atoms with Crippen LogP contribution in [-0.4, -0.2) is 37.3 Å². The van der Waals surface area contributed by atoms with Crippen LogP contribution in [0.4, 0.5) is 0 Å². The van der Waals surface area contributed by atoms with Gasteiger partial charge in [-0.2, -0.15) is 0 Å². The van der Waals surface area contributed by atoms with Gasteiger partial charge in [-0.25, -0.2) is 4.98 Å². The molecular formula is C21H26N2O3. The minimum absolute atomic E-state index is 0.0738. The fourth-order valence-electron chi connectivity index (χ4n) is 3.18. The quantitative estimate of drug-likeness (QED) is 0.896. The number of ether oxygens (including phenoxy) is 2. The number of aryl methyl sites for hydroxylation is 1. The molecule has 1 aliphatic rings. The van der Waals surface area contributed by atoms with E-state index in [4.69, 9.17) is 9.47 Å². The van der Waals surface area contributed by atoms with E-state index >= 15 is 0 Å². The molecule has 1 aliphatic heterocycles. The van der Waals surface area contributed by atoms with Gasteiger partial charge in [-0.1, -0.05) is 12.1 Å². The van der Waals surface area contributed by atoms with E-state index in [2.05, 4.69) is 17.2 Å². The van der Waals surface area contributed by atoms with E-state index < -0.39 is 0 Å². The van der Waals surface area contributed by atoms with Crippen molar-refractivity contribution in [3.63, 3.8) is 0 Å². The number of hydrogen-bond acceptors (Lipinski definition) is 4. The maximum absolute atomic E-state index is 12.6. The number of pyridine rings is 1. The lowest BCUT2D eigenvalue weighted by molar-refractivity contribution is 0.0622. The van der Waals surface area contributed by atoms with E-state index in [1.165, 1.54) is 5.56 Å². The SMILES string of the molecule is COc1ccc(Cc2cc(C(=O)N[C@@H]3CCCOC3)nc(C)c2C)cc1. The zero-order valence-electron chi connectivity index (χ0n) is 15.7. The summed E-state index contributed by atoms with van der Waals surface area (Å²) in [5, 5.41) is 3.05. The van der Waals surface area contributed by atoms with Crippen LogP contribution in [0.15, 0.2) is 30.3 Å². The van der Waals surface area contributed by atoms with Crippen molar-refractivity contribution >= 4 is 5.91 Å². The number of aromatic nitrogens is 1. The Morgan fingerprint density at radius 2 is 2.08 bits per heavy atom. The van der Waals surface area contributed by atoms with Gasteiger partial charge in [0.25, 0.3) is 5.91 Å². The second-order valence-corrected chi connectivity index (χ2v) is 6.79. The van der Waals surface area contributed by atoms with Crippen LogP contribution in [0.3, 0.4) is 0 Å². The minimum atomic E-state index is -0.125. The average Bonchev–Trinajstić information content (AvgIpc) is 2.66. The number of carbonyl (C=O) groups excluding carboxylic acids is 1. The highest BCUT2D eigenvalue weighted by Gasteiger charge is 2.19. The Balaban J connectivity index is 1.78. The third-order valence-corrected chi connectivity index (χ3v) is 4.91. The summed E-state index contributed by atoms with van der Waals surface area (Å²) in [6, 6.07) is 9.99. The maximum atomic E-state index is 12.6. The molecule has 1 aromatic heterocycles. The van der Waals surface area contributed by atoms with Gasteiger partial charge in [0.15, 0.2) is 0 Å². The van der Waals surface area contributed by atoms with Crippen molar-refractivity contribution in [3.05, 3.63) is 58.4 Å². The maximum Gasteiger partial charge on any atom is 0.270 e. The first-order valence-electron chi connectivity index (χ1n) is 9.05. The van der Waals surface area contributed by atoms with Crippen molar-refractivity contribution in [2.45, 2.75) is 39.2 Å². The first kappa shape index (κ1) is 18.4. The van der Waals surface area contributed by atoms with Crippen molar-refractivity contribution in [2.24, 2.45) is 0 Å². The molecule has 1 N–H and O–H groups in total. The molecule has 1 fully saturated rings. The number of nitrogens with zero attached hydrogens (tertiary/aromatic N) is 1. The topological polar surface area (TPSA) is 60.5 Å². The van der Waals surface area contributed by atoms with E-state index in [0.717, 1.165) is 48.4 Å². The average molecular weight is 354 g/mol. The number of rotatable bonds is 5. The molecular weight excluding hydrogens is 328 g/mol. The molecule has 0 radical (unpaired) electrons. The van der Waals surface area contributed by atoms with Gasteiger partial charge in [0, 0.05) is 12.3 Å². The molecule has 0 aliphatic carbocycles. The Hall–Kier alpha value is -2.40. The third-order valence-electron chi connectivity index (χ3n) is 4.91. The molecule has 1 saturated heterocycles. The number of benzene rings is 1. The lowest BCUT2D eigenvalue weighted by Crippen LogP contribution is -2.41. The van der Waals surface area contributed by atoms with Gasteiger partial charge in [-0.3, -0.25) is 4.79 Å². The Labute approximate surface area is 154 Å². The van der Waals surface area contributed by atoms with Gasteiger partial charge >= 0.3 is 0 Å². The summed E-state index contributed by atoms with van der Waals surface area (Å²) in [6.45, 7) is 5.36. The van der Waals surface area contributed by atoms with Crippen LogP contribution in [0.5, 0.6) is 5.75 Å². The second kappa shape index (κ2) is 8.32. The van der Waals surface area contributed by atoms with E-state index in [1.807, 2.05) is 37.3 Å². The molecule has 5 nitrogen and oxygen atoms in total. The van der Waals surface area contributed by atoms with Crippen molar-refractivity contribution in [3.8, 4) is 5.75 Å². The Morgan fingerprint density at radius 3 is 2.73 bits per heavy atom. The summed E-state index contributed by atoms with van der Waals surface area (Å²) in [6.07, 6.45) is 2.69. The predicted molar refractivity (Wildman–Crippen MR) is 101 cm³/mol. The first-order valence-corrected chi connectivity index (χ1v) is 9.05. The third kappa shape index (κ3) is 4.41. The van der Waals surface area contributed by atoms with Crippen LogP contribution in [0.25, 0.3) is 0 Å². The molecule has 5 heteroatoms. The van der Waals surface area contributed by atoms with E-state index in [-0.39, 0.29) is 11.9 Å². The molecule has 2 heterocycles. The number of amides is 1. The lowest BCUT2D eigenvalue weighted by Gasteiger charge is -2.23. The summed E-state index contributed by atoms with van der Waals surface area (Å²) in [7, 11) is 1.66. The Bertz CT molecular complexity index is 766. The zero-order valence-corrected chi connectivity index (χ0v) is 15.7. The molecule has 0 spiro atoms. The lowest BCUT2D eigenvalue weighted by atomic mass is 9.99. The zero-order chi connectivity index (χ0) is 18.5. The first-order chi connectivity index (χ1) is 12.6. The monoisotopic (exact) mass is 354 g/mol. The molecule has 0 bridgehead atoms. The van der Waals surface area contributed by atoms with Gasteiger partial charge in [0.05, 0.1) is 19.8 Å². The Kier molecular flexibility index (Phi) is 5.89. The number of carbonyl (C=O) groups is 1. The molecule has 0 saturated carbocycles. The van der Waals surface area contributed by atoms with Gasteiger partial charge in [0.2, 0.25) is 0 Å². The van der Waals surface area contributed by atoms with Crippen LogP contribution in [0.1, 0.15) is 45.7 Å². The normalized spacial score (nSPS) is 17.0. The highest BCUT2D eigenvalue weighted by Crippen LogP contribution is 2.20. The van der Waals surface area contributed by atoms with Crippen LogP contribution >= 0.6 is 0 Å². The molecule has 1 aromatic carbocycles. The van der Waals surface area contributed by atoms with E-state index in [1.54, 1.807) is 7.11 Å². The summed E-state index contributed by atoms with van der Waals surface area (Å²) >= 11 is 0. The summed E-state index contributed by atoms with van der Waals surface area (Å²) in [4.78, 5) is 17.1. The summed E-state index contributed by atoms with van der Waals surface area (Å²) < 4.78 is 10.6. The molecule has 1 atom stereocenters. The standard InChI is InChI=1S/C21H26N2O3/c1-14-15(2)22-20(21(24)23-18-5-4-10-26-13-18)12-17(14)11-16-6-8-19(25-3)9-7-16/h6-9,12,18H,4-5,10-11,13H2,1-3H3,(H,23,24)/t18-/m1/s1. The minimum Gasteiger partial charge on any atom is -0.497 e. The number of nitrogens with one attached hydrogen (secondary N) is 1. The molecule has 2 aromatic rings. The van der Waals surface area contributed by atoms with Gasteiger partial charge < -0.3 is 14.8 Å². The van der Waals surface area contributed by atoms with Crippen LogP contribution < -0.4 is 10.1 Å². The summed E-state index contributed by atoms with van der Waals surface area (Å²) in [5.41, 5.74) is 4.78. The van der Waals surface area contributed by atoms with Crippen LogP contribution in [0, 0.1) is 13.8 Å². The molecule has 26 heavy (non-hydrogen) atoms. The van der Waals surface area contributed by atoms with Gasteiger partial charge in [-0.15, -0.1) is 0 Å². The van der Waals surface area contributed by atoms with Crippen molar-refractivity contribution in [1.29, 1.82) is 0 Å². The predicted octanol–water partition coefficient (Wildman–Crippen LogP) is 3.21. The summed E-state index contributed by atoms with van der Waals surface area (Å²) in [5.74, 6) is 0.714. The molecule has 1 amide bonds. The fraction of sp³-hybridized carbons (Fsp3) is 0.429.